The minimum absolute atomic E-state index is 0.536. The van der Waals surface area contributed by atoms with Crippen LogP contribution in [0.2, 0.25) is 0 Å². The number of anilines is 3. The average Bonchev–Trinajstić information content (AvgIpc) is 3.88. The number of nitrogens with zero attached hydrogens (tertiary/aromatic N) is 1. The Hall–Kier alpha value is -8.92. The van der Waals surface area contributed by atoms with Crippen molar-refractivity contribution in [1.29, 1.82) is 0 Å². The number of rotatable bonds is 4. The summed E-state index contributed by atoms with van der Waals surface area (Å²) in [4.78, 5) is 2.48. The second kappa shape index (κ2) is 14.3. The smallest absolute Gasteiger partial charge is 0.132 e. The van der Waals surface area contributed by atoms with E-state index in [0.29, 0.717) is 0 Å². The topological polar surface area (TPSA) is 21.7 Å². The van der Waals surface area contributed by atoms with Gasteiger partial charge < -0.3 is 14.4 Å². The Morgan fingerprint density at radius 2 is 0.725 bits per heavy atom. The molecule has 11 aromatic rings. The molecule has 69 heavy (non-hydrogen) atoms. The first-order chi connectivity index (χ1) is 34.2. The van der Waals surface area contributed by atoms with Crippen molar-refractivity contribution in [2.75, 3.05) is 4.90 Å². The number of para-hydroxylation sites is 4. The highest BCUT2D eigenvalue weighted by Gasteiger charge is 2.53. The summed E-state index contributed by atoms with van der Waals surface area (Å²) in [6.45, 7) is 0. The maximum absolute atomic E-state index is 6.71. The van der Waals surface area contributed by atoms with Crippen LogP contribution in [0.1, 0.15) is 44.5 Å². The van der Waals surface area contributed by atoms with Gasteiger partial charge in [0.15, 0.2) is 0 Å². The number of benzene rings is 11. The minimum atomic E-state index is -0.592. The van der Waals surface area contributed by atoms with E-state index in [0.717, 1.165) is 51.2 Å². The molecule has 2 aliphatic carbocycles. The zero-order valence-electron chi connectivity index (χ0n) is 37.4. The van der Waals surface area contributed by atoms with Crippen molar-refractivity contribution in [3.05, 3.63) is 293 Å². The van der Waals surface area contributed by atoms with Crippen LogP contribution in [0.25, 0.3) is 44.2 Å². The van der Waals surface area contributed by atoms with Crippen molar-refractivity contribution in [2.24, 2.45) is 0 Å². The van der Waals surface area contributed by atoms with E-state index in [4.69, 9.17) is 9.47 Å². The van der Waals surface area contributed by atoms with Gasteiger partial charge in [0.1, 0.15) is 23.0 Å². The standard InChI is InChI=1S/C66H41NO2/c1-2-17-42(18-3-1)43-33-36-45(37-34-43)67(58-28-16-27-56-64(58)49-20-5-7-22-51(49)65(56)52-23-8-12-29-59(52)68-60-30-13-9-24-53(60)65)46-38-39-47-44(41-46)35-40-57-63(47)48-19-4-6-21-50(48)66(57)54-25-10-14-31-61(54)69-62-32-15-11-26-55(62)66/h1-41H. The van der Waals surface area contributed by atoms with Crippen LogP contribution in [0.3, 0.4) is 0 Å². The Morgan fingerprint density at radius 1 is 0.290 bits per heavy atom. The normalized spacial score (nSPS) is 14.3. The van der Waals surface area contributed by atoms with Gasteiger partial charge in [-0.3, -0.25) is 0 Å². The van der Waals surface area contributed by atoms with Crippen LogP contribution in [0.15, 0.2) is 249 Å². The third kappa shape index (κ3) is 5.06. The lowest BCUT2D eigenvalue weighted by Gasteiger charge is -2.39. The van der Waals surface area contributed by atoms with Crippen molar-refractivity contribution in [3.63, 3.8) is 0 Å². The van der Waals surface area contributed by atoms with Crippen molar-refractivity contribution >= 4 is 27.8 Å². The van der Waals surface area contributed by atoms with Gasteiger partial charge in [-0.1, -0.05) is 194 Å². The monoisotopic (exact) mass is 879 g/mol. The summed E-state index contributed by atoms with van der Waals surface area (Å²) in [6.07, 6.45) is 0. The lowest BCUT2D eigenvalue weighted by molar-refractivity contribution is 0.436. The van der Waals surface area contributed by atoms with Crippen molar-refractivity contribution in [1.82, 2.24) is 0 Å². The first-order valence-electron chi connectivity index (χ1n) is 23.8. The molecular formula is C66H41NO2. The van der Waals surface area contributed by atoms with Gasteiger partial charge in [0, 0.05) is 39.2 Å². The summed E-state index contributed by atoms with van der Waals surface area (Å²) in [6, 6.07) is 90.9. The Bertz CT molecular complexity index is 3830. The van der Waals surface area contributed by atoms with E-state index >= 15 is 0 Å². The summed E-state index contributed by atoms with van der Waals surface area (Å²) in [5.74, 6) is 3.57. The minimum Gasteiger partial charge on any atom is -0.457 e. The SMILES string of the molecule is c1ccc(-c2ccc(N(c3ccc4c5c(ccc4c3)C3(c4ccccc4Oc4ccccc43)c3ccccc3-5)c3cccc4c3-c3ccccc3C43c4ccccc4Oc4ccccc43)cc2)cc1. The highest BCUT2D eigenvalue weighted by molar-refractivity contribution is 6.07. The summed E-state index contributed by atoms with van der Waals surface area (Å²) in [5, 5.41) is 2.40. The molecule has 0 N–H and O–H groups in total. The highest BCUT2D eigenvalue weighted by Crippen LogP contribution is 2.66. The molecule has 0 aromatic heterocycles. The molecule has 11 aromatic carbocycles. The van der Waals surface area contributed by atoms with E-state index in [9.17, 15) is 0 Å². The van der Waals surface area contributed by atoms with Gasteiger partial charge in [-0.15, -0.1) is 0 Å². The first-order valence-corrected chi connectivity index (χ1v) is 23.8. The van der Waals surface area contributed by atoms with Crippen molar-refractivity contribution in [3.8, 4) is 56.4 Å². The molecule has 0 saturated heterocycles. The van der Waals surface area contributed by atoms with Crippen molar-refractivity contribution in [2.45, 2.75) is 10.8 Å². The van der Waals surface area contributed by atoms with Gasteiger partial charge in [0.25, 0.3) is 0 Å². The quantitative estimate of drug-likeness (QED) is 0.176. The number of hydrogen-bond donors (Lipinski definition) is 0. The summed E-state index contributed by atoms with van der Waals surface area (Å²) in [5.41, 5.74) is 19.2. The van der Waals surface area contributed by atoms with Gasteiger partial charge in [-0.2, -0.15) is 0 Å². The van der Waals surface area contributed by atoms with E-state index in [-0.39, 0.29) is 0 Å². The fourth-order valence-electron chi connectivity index (χ4n) is 12.7. The molecule has 2 heterocycles. The molecule has 15 rings (SSSR count). The molecule has 0 amide bonds. The molecule has 0 radical (unpaired) electrons. The predicted octanol–water partition coefficient (Wildman–Crippen LogP) is 16.9. The lowest BCUT2D eigenvalue weighted by atomic mass is 9.66. The molecule has 0 bridgehead atoms. The largest absolute Gasteiger partial charge is 0.457 e. The maximum Gasteiger partial charge on any atom is 0.132 e. The third-order valence-electron chi connectivity index (χ3n) is 15.4. The predicted molar refractivity (Wildman–Crippen MR) is 279 cm³/mol. The van der Waals surface area contributed by atoms with Gasteiger partial charge in [0.2, 0.25) is 0 Å². The molecule has 322 valence electrons. The van der Waals surface area contributed by atoms with Crippen LogP contribution >= 0.6 is 0 Å². The van der Waals surface area contributed by atoms with Gasteiger partial charge in [0.05, 0.1) is 16.5 Å². The van der Waals surface area contributed by atoms with Crippen LogP contribution in [-0.4, -0.2) is 0 Å². The Labute approximate surface area is 400 Å². The maximum atomic E-state index is 6.71. The van der Waals surface area contributed by atoms with Crippen LogP contribution in [0.5, 0.6) is 23.0 Å². The second-order valence-electron chi connectivity index (χ2n) is 18.6. The molecule has 0 atom stereocenters. The average molecular weight is 880 g/mol. The van der Waals surface area contributed by atoms with Crippen molar-refractivity contribution < 1.29 is 9.47 Å². The molecule has 3 nitrogen and oxygen atoms in total. The molecule has 2 spiro atoms. The van der Waals surface area contributed by atoms with Gasteiger partial charge in [-0.05, 0) is 115 Å². The number of ether oxygens (including phenoxy) is 2. The first kappa shape index (κ1) is 38.2. The second-order valence-corrected chi connectivity index (χ2v) is 18.6. The van der Waals surface area contributed by atoms with Crippen LogP contribution in [0, 0.1) is 0 Å². The fourth-order valence-corrected chi connectivity index (χ4v) is 12.7. The molecule has 0 unspecified atom stereocenters. The summed E-state index contributed by atoms with van der Waals surface area (Å²) < 4.78 is 13.4. The van der Waals surface area contributed by atoms with E-state index in [1.807, 2.05) is 0 Å². The van der Waals surface area contributed by atoms with E-state index in [1.165, 1.54) is 77.5 Å². The van der Waals surface area contributed by atoms with Crippen LogP contribution in [0.4, 0.5) is 17.1 Å². The number of hydrogen-bond acceptors (Lipinski definition) is 3. The highest BCUT2D eigenvalue weighted by atomic mass is 16.5. The number of fused-ring (bicyclic) bond motifs is 20. The van der Waals surface area contributed by atoms with E-state index in [1.54, 1.807) is 0 Å². The molecule has 3 heteroatoms. The molecule has 2 aliphatic heterocycles. The van der Waals surface area contributed by atoms with Crippen LogP contribution < -0.4 is 14.4 Å². The summed E-state index contributed by atoms with van der Waals surface area (Å²) >= 11 is 0. The molecule has 4 aliphatic rings. The Kier molecular flexibility index (Phi) is 7.92. The molecule has 0 fully saturated rings. The zero-order chi connectivity index (χ0) is 45.3. The third-order valence-corrected chi connectivity index (χ3v) is 15.4. The lowest BCUT2D eigenvalue weighted by Crippen LogP contribution is -2.32. The molecule has 0 saturated carbocycles. The zero-order valence-corrected chi connectivity index (χ0v) is 37.4. The molecular weight excluding hydrogens is 839 g/mol. The van der Waals surface area contributed by atoms with Gasteiger partial charge in [-0.25, -0.2) is 0 Å². The Morgan fingerprint density at radius 3 is 1.29 bits per heavy atom. The van der Waals surface area contributed by atoms with Gasteiger partial charge >= 0.3 is 0 Å². The Balaban J connectivity index is 0.980. The van der Waals surface area contributed by atoms with E-state index in [2.05, 4.69) is 254 Å². The fraction of sp³-hybridized carbons (Fsp3) is 0.0303. The van der Waals surface area contributed by atoms with Crippen LogP contribution in [-0.2, 0) is 10.8 Å². The summed E-state index contributed by atoms with van der Waals surface area (Å²) in [7, 11) is 0. The van der Waals surface area contributed by atoms with E-state index < -0.39 is 10.8 Å².